The second-order valence-electron chi connectivity index (χ2n) is 5.59. The van der Waals surface area contributed by atoms with E-state index in [9.17, 15) is 0 Å². The van der Waals surface area contributed by atoms with Crippen LogP contribution in [0.15, 0.2) is 51.4 Å². The van der Waals surface area contributed by atoms with Crippen LogP contribution in [0.3, 0.4) is 0 Å². The highest BCUT2D eigenvalue weighted by atomic mass is 32.1. The van der Waals surface area contributed by atoms with Gasteiger partial charge in [0.05, 0.1) is 31.3 Å². The number of hydrogen-bond acceptors (Lipinski definition) is 6. The number of benzene rings is 1. The van der Waals surface area contributed by atoms with Crippen LogP contribution in [0.25, 0.3) is 10.8 Å². The van der Waals surface area contributed by atoms with Crippen molar-refractivity contribution in [2.24, 2.45) is 4.99 Å². The van der Waals surface area contributed by atoms with E-state index in [4.69, 9.17) is 13.9 Å². The Labute approximate surface area is 162 Å². The summed E-state index contributed by atoms with van der Waals surface area (Å²) in [6.07, 6.45) is 1.66. The number of guanidine groups is 1. The topological polar surface area (TPSA) is 80.9 Å². The van der Waals surface area contributed by atoms with Gasteiger partial charge in [0.25, 0.3) is 0 Å². The van der Waals surface area contributed by atoms with Crippen molar-refractivity contribution in [3.05, 3.63) is 53.2 Å². The third-order valence-electron chi connectivity index (χ3n) is 3.85. The Balaban J connectivity index is 1.54. The highest BCUT2D eigenvalue weighted by Crippen LogP contribution is 2.27. The Morgan fingerprint density at radius 2 is 1.96 bits per heavy atom. The molecule has 27 heavy (non-hydrogen) atoms. The minimum Gasteiger partial charge on any atom is -0.493 e. The lowest BCUT2D eigenvalue weighted by atomic mass is 10.2. The van der Waals surface area contributed by atoms with Gasteiger partial charge in [0.15, 0.2) is 17.5 Å². The van der Waals surface area contributed by atoms with Gasteiger partial charge in [-0.3, -0.25) is 4.99 Å². The molecule has 0 aliphatic carbocycles. The lowest BCUT2D eigenvalue weighted by molar-refractivity contribution is 0.354. The number of aromatic nitrogens is 1. The second-order valence-corrected chi connectivity index (χ2v) is 6.54. The van der Waals surface area contributed by atoms with Gasteiger partial charge in [0, 0.05) is 13.6 Å². The molecule has 2 N–H and O–H groups in total. The average molecular weight is 386 g/mol. The molecule has 0 saturated carbocycles. The molecule has 1 aromatic carbocycles. The number of hydrogen-bond donors (Lipinski definition) is 2. The summed E-state index contributed by atoms with van der Waals surface area (Å²) < 4.78 is 16.1. The van der Waals surface area contributed by atoms with Crippen molar-refractivity contribution in [2.45, 2.75) is 13.1 Å². The number of methoxy groups -OCH3 is 2. The predicted octanol–water partition coefficient (Wildman–Crippen LogP) is 3.29. The molecule has 0 aliphatic rings. The number of rotatable bonds is 7. The molecule has 142 valence electrons. The zero-order chi connectivity index (χ0) is 19.1. The first kappa shape index (κ1) is 18.8. The molecule has 2 heterocycles. The van der Waals surface area contributed by atoms with E-state index >= 15 is 0 Å². The monoisotopic (exact) mass is 386 g/mol. The standard InChI is InChI=1S/C19H22N4O3S/c1-20-19(21-10-13-6-7-15(24-2)16(9-13)25-3)22-11-14-12-26-18(23-14)17-5-4-8-27-17/h4-9,12H,10-11H2,1-3H3,(H2,20,21,22). The molecule has 0 unspecified atom stereocenters. The lowest BCUT2D eigenvalue weighted by Gasteiger charge is -2.13. The number of thiophene rings is 1. The summed E-state index contributed by atoms with van der Waals surface area (Å²) >= 11 is 1.60. The van der Waals surface area contributed by atoms with Crippen LogP contribution in [0.4, 0.5) is 0 Å². The third-order valence-corrected chi connectivity index (χ3v) is 4.71. The van der Waals surface area contributed by atoms with E-state index in [0.717, 1.165) is 16.1 Å². The molecule has 2 aromatic heterocycles. The molecule has 8 heteroatoms. The molecule has 0 radical (unpaired) electrons. The fourth-order valence-electron chi connectivity index (χ4n) is 2.47. The fourth-order valence-corrected chi connectivity index (χ4v) is 3.13. The van der Waals surface area contributed by atoms with Crippen LogP contribution in [0.1, 0.15) is 11.3 Å². The van der Waals surface area contributed by atoms with E-state index < -0.39 is 0 Å². The van der Waals surface area contributed by atoms with Crippen molar-refractivity contribution < 1.29 is 13.9 Å². The second kappa shape index (κ2) is 9.09. The predicted molar refractivity (Wildman–Crippen MR) is 106 cm³/mol. The van der Waals surface area contributed by atoms with Crippen LogP contribution in [0, 0.1) is 0 Å². The van der Waals surface area contributed by atoms with Crippen molar-refractivity contribution >= 4 is 17.3 Å². The summed E-state index contributed by atoms with van der Waals surface area (Å²) in [6, 6.07) is 9.75. The van der Waals surface area contributed by atoms with E-state index in [2.05, 4.69) is 20.6 Å². The Bertz CT molecular complexity index is 890. The van der Waals surface area contributed by atoms with Crippen LogP contribution in [-0.4, -0.2) is 32.2 Å². The SMILES string of the molecule is CN=C(NCc1ccc(OC)c(OC)c1)NCc1coc(-c2cccs2)n1. The Kier molecular flexibility index (Phi) is 6.32. The smallest absolute Gasteiger partial charge is 0.236 e. The zero-order valence-electron chi connectivity index (χ0n) is 15.5. The van der Waals surface area contributed by atoms with E-state index in [1.54, 1.807) is 38.9 Å². The number of nitrogens with one attached hydrogen (secondary N) is 2. The van der Waals surface area contributed by atoms with Crippen molar-refractivity contribution in [1.29, 1.82) is 0 Å². The van der Waals surface area contributed by atoms with Gasteiger partial charge in [-0.1, -0.05) is 12.1 Å². The van der Waals surface area contributed by atoms with Crippen LogP contribution in [-0.2, 0) is 13.1 Å². The minimum absolute atomic E-state index is 0.514. The van der Waals surface area contributed by atoms with E-state index in [1.165, 1.54) is 0 Å². The van der Waals surface area contributed by atoms with Crippen molar-refractivity contribution in [1.82, 2.24) is 15.6 Å². The summed E-state index contributed by atoms with van der Waals surface area (Å²) in [6.45, 7) is 1.11. The third kappa shape index (κ3) is 4.79. The lowest BCUT2D eigenvalue weighted by Crippen LogP contribution is -2.36. The molecule has 3 aromatic rings. The quantitative estimate of drug-likeness (QED) is 0.479. The molecule has 0 amide bonds. The molecule has 3 rings (SSSR count). The number of oxazole rings is 1. The summed E-state index contributed by atoms with van der Waals surface area (Å²) in [5.74, 6) is 2.71. The maximum atomic E-state index is 5.52. The first-order valence-corrected chi connectivity index (χ1v) is 9.25. The van der Waals surface area contributed by atoms with Gasteiger partial charge in [-0.2, -0.15) is 0 Å². The molecule has 0 aliphatic heterocycles. The van der Waals surface area contributed by atoms with E-state index in [-0.39, 0.29) is 0 Å². The van der Waals surface area contributed by atoms with Gasteiger partial charge in [-0.25, -0.2) is 4.98 Å². The van der Waals surface area contributed by atoms with Crippen LogP contribution in [0.2, 0.25) is 0 Å². The molecule has 0 spiro atoms. The van der Waals surface area contributed by atoms with Gasteiger partial charge in [-0.15, -0.1) is 11.3 Å². The first-order chi connectivity index (χ1) is 13.2. The fraction of sp³-hybridized carbons (Fsp3) is 0.263. The van der Waals surface area contributed by atoms with Crippen LogP contribution < -0.4 is 20.1 Å². The molecule has 0 fully saturated rings. The van der Waals surface area contributed by atoms with E-state index in [0.29, 0.717) is 36.4 Å². The summed E-state index contributed by atoms with van der Waals surface area (Å²) in [5, 5.41) is 8.49. The highest BCUT2D eigenvalue weighted by Gasteiger charge is 2.09. The number of nitrogens with zero attached hydrogens (tertiary/aromatic N) is 2. The van der Waals surface area contributed by atoms with Crippen molar-refractivity contribution in [3.8, 4) is 22.3 Å². The molecular formula is C19H22N4O3S. The molecule has 0 atom stereocenters. The Hall–Kier alpha value is -3.00. The number of aliphatic imine (C=N–C) groups is 1. The van der Waals surface area contributed by atoms with Crippen molar-refractivity contribution in [2.75, 3.05) is 21.3 Å². The van der Waals surface area contributed by atoms with Crippen LogP contribution >= 0.6 is 11.3 Å². The number of ether oxygens (including phenoxy) is 2. The van der Waals surface area contributed by atoms with Gasteiger partial charge < -0.3 is 24.5 Å². The Morgan fingerprint density at radius 3 is 2.67 bits per heavy atom. The molecule has 0 saturated heterocycles. The highest BCUT2D eigenvalue weighted by molar-refractivity contribution is 7.13. The van der Waals surface area contributed by atoms with E-state index in [1.807, 2.05) is 35.7 Å². The van der Waals surface area contributed by atoms with Gasteiger partial charge >= 0.3 is 0 Å². The van der Waals surface area contributed by atoms with Crippen LogP contribution in [0.5, 0.6) is 11.5 Å². The van der Waals surface area contributed by atoms with Crippen molar-refractivity contribution in [3.63, 3.8) is 0 Å². The largest absolute Gasteiger partial charge is 0.493 e. The maximum Gasteiger partial charge on any atom is 0.236 e. The van der Waals surface area contributed by atoms with Gasteiger partial charge in [0.2, 0.25) is 5.89 Å². The zero-order valence-corrected chi connectivity index (χ0v) is 16.3. The van der Waals surface area contributed by atoms with Gasteiger partial charge in [-0.05, 0) is 29.1 Å². The molecule has 7 nitrogen and oxygen atoms in total. The summed E-state index contributed by atoms with van der Waals surface area (Å²) in [4.78, 5) is 9.73. The van der Waals surface area contributed by atoms with Gasteiger partial charge in [0.1, 0.15) is 6.26 Å². The molecule has 0 bridgehead atoms. The Morgan fingerprint density at radius 1 is 1.15 bits per heavy atom. The minimum atomic E-state index is 0.514. The maximum absolute atomic E-state index is 5.52. The first-order valence-electron chi connectivity index (χ1n) is 8.37. The summed E-state index contributed by atoms with van der Waals surface area (Å²) in [5.41, 5.74) is 1.87. The molecular weight excluding hydrogens is 364 g/mol. The summed E-state index contributed by atoms with van der Waals surface area (Å²) in [7, 11) is 4.97. The average Bonchev–Trinajstić information content (AvgIpc) is 3.39. The normalized spacial score (nSPS) is 11.3.